The molecule has 1 aliphatic rings. The second-order valence-electron chi connectivity index (χ2n) is 6.93. The van der Waals surface area contributed by atoms with E-state index in [-0.39, 0.29) is 5.69 Å². The number of halogens is 3. The van der Waals surface area contributed by atoms with E-state index in [1.807, 2.05) is 23.1 Å². The molecule has 31 heavy (non-hydrogen) atoms. The Bertz CT molecular complexity index is 1030. The topological polar surface area (TPSA) is 74.2 Å². The summed E-state index contributed by atoms with van der Waals surface area (Å²) in [5, 5.41) is 2.43. The first-order valence-electron chi connectivity index (χ1n) is 9.62. The fourth-order valence-electron chi connectivity index (χ4n) is 3.35. The van der Waals surface area contributed by atoms with Gasteiger partial charge in [-0.25, -0.2) is 15.0 Å². The van der Waals surface area contributed by atoms with E-state index in [4.69, 9.17) is 0 Å². The minimum Gasteiger partial charge on any atom is -0.353 e. The largest absolute Gasteiger partial charge is 0.417 e. The molecule has 3 heterocycles. The molecule has 0 unspecified atom stereocenters. The number of pyridine rings is 1. The van der Waals surface area contributed by atoms with Crippen LogP contribution in [0, 0.1) is 0 Å². The fraction of sp³-hybridized carbons (Fsp3) is 0.238. The van der Waals surface area contributed by atoms with E-state index in [0.717, 1.165) is 31.0 Å². The third-order valence-corrected chi connectivity index (χ3v) is 4.91. The smallest absolute Gasteiger partial charge is 0.353 e. The van der Waals surface area contributed by atoms with Crippen LogP contribution < -0.4 is 15.1 Å². The first-order chi connectivity index (χ1) is 14.9. The Kier molecular flexibility index (Phi) is 5.70. The molecule has 1 aliphatic heterocycles. The van der Waals surface area contributed by atoms with E-state index in [9.17, 15) is 18.0 Å². The normalized spacial score (nSPS) is 14.4. The van der Waals surface area contributed by atoms with Crippen LogP contribution in [0.1, 0.15) is 15.9 Å². The average Bonchev–Trinajstić information content (AvgIpc) is 2.80. The Labute approximate surface area is 176 Å². The molecular weight excluding hydrogens is 409 g/mol. The second kappa shape index (κ2) is 8.58. The SMILES string of the molecule is O=C(Nc1cnc(N2CCN(c3ccccn3)CC2)nc1)c1ccccc1C(F)(F)F. The number of benzene rings is 1. The van der Waals surface area contributed by atoms with Gasteiger partial charge in [0.15, 0.2) is 0 Å². The Balaban J connectivity index is 1.39. The van der Waals surface area contributed by atoms with Crippen LogP contribution in [0.5, 0.6) is 0 Å². The van der Waals surface area contributed by atoms with Crippen molar-refractivity contribution in [3.63, 3.8) is 0 Å². The van der Waals surface area contributed by atoms with Crippen LogP contribution in [0.3, 0.4) is 0 Å². The van der Waals surface area contributed by atoms with Crippen LogP contribution in [0.2, 0.25) is 0 Å². The Morgan fingerprint density at radius 3 is 2.16 bits per heavy atom. The van der Waals surface area contributed by atoms with Gasteiger partial charge in [-0.15, -0.1) is 0 Å². The van der Waals surface area contributed by atoms with Crippen molar-refractivity contribution in [2.75, 3.05) is 41.3 Å². The lowest BCUT2D eigenvalue weighted by Gasteiger charge is -2.35. The Hall–Kier alpha value is -3.69. The molecule has 4 rings (SSSR count). The summed E-state index contributed by atoms with van der Waals surface area (Å²) in [6.45, 7) is 2.91. The summed E-state index contributed by atoms with van der Waals surface area (Å²) in [6.07, 6.45) is -0.0836. The van der Waals surface area contributed by atoms with Crippen LogP contribution in [0.4, 0.5) is 30.6 Å². The molecule has 1 N–H and O–H groups in total. The molecular formula is C21H19F3N6O. The third kappa shape index (κ3) is 4.73. The highest BCUT2D eigenvalue weighted by atomic mass is 19.4. The molecule has 1 aromatic carbocycles. The van der Waals surface area contributed by atoms with Gasteiger partial charge in [-0.05, 0) is 24.3 Å². The van der Waals surface area contributed by atoms with Crippen molar-refractivity contribution in [3.05, 3.63) is 72.2 Å². The number of nitrogens with zero attached hydrogens (tertiary/aromatic N) is 5. The molecule has 2 aromatic heterocycles. The van der Waals surface area contributed by atoms with E-state index in [1.54, 1.807) is 6.20 Å². The number of carbonyl (C=O) groups is 1. The zero-order valence-electron chi connectivity index (χ0n) is 16.4. The van der Waals surface area contributed by atoms with Crippen molar-refractivity contribution < 1.29 is 18.0 Å². The third-order valence-electron chi connectivity index (χ3n) is 4.91. The van der Waals surface area contributed by atoms with Gasteiger partial charge in [-0.3, -0.25) is 4.79 Å². The molecule has 10 heteroatoms. The van der Waals surface area contributed by atoms with Gasteiger partial charge in [0.05, 0.1) is 29.2 Å². The summed E-state index contributed by atoms with van der Waals surface area (Å²) < 4.78 is 39.4. The highest BCUT2D eigenvalue weighted by Crippen LogP contribution is 2.32. The van der Waals surface area contributed by atoms with Gasteiger partial charge in [0.1, 0.15) is 5.82 Å². The van der Waals surface area contributed by atoms with Crippen LogP contribution in [0.15, 0.2) is 61.1 Å². The molecule has 0 atom stereocenters. The van der Waals surface area contributed by atoms with Gasteiger partial charge in [0.25, 0.3) is 5.91 Å². The fourth-order valence-corrected chi connectivity index (χ4v) is 3.35. The number of anilines is 3. The lowest BCUT2D eigenvalue weighted by atomic mass is 10.1. The highest BCUT2D eigenvalue weighted by Gasteiger charge is 2.34. The lowest BCUT2D eigenvalue weighted by molar-refractivity contribution is -0.137. The number of alkyl halides is 3. The maximum Gasteiger partial charge on any atom is 0.417 e. The van der Waals surface area contributed by atoms with E-state index >= 15 is 0 Å². The Morgan fingerprint density at radius 2 is 1.52 bits per heavy atom. The number of nitrogens with one attached hydrogen (secondary N) is 1. The molecule has 0 radical (unpaired) electrons. The van der Waals surface area contributed by atoms with Gasteiger partial charge in [0, 0.05) is 32.4 Å². The van der Waals surface area contributed by atoms with E-state index < -0.39 is 23.2 Å². The number of rotatable bonds is 4. The standard InChI is InChI=1S/C21H19F3N6O/c22-21(23,24)17-6-2-1-5-16(17)19(31)28-15-13-26-20(27-14-15)30-11-9-29(10-12-30)18-7-3-4-8-25-18/h1-8,13-14H,9-12H2,(H,28,31). The molecule has 160 valence electrons. The van der Waals surface area contributed by atoms with E-state index in [2.05, 4.69) is 25.2 Å². The molecule has 0 bridgehead atoms. The summed E-state index contributed by atoms with van der Waals surface area (Å²) in [5.41, 5.74) is -1.22. The second-order valence-corrected chi connectivity index (χ2v) is 6.93. The Morgan fingerprint density at radius 1 is 0.871 bits per heavy atom. The lowest BCUT2D eigenvalue weighted by Crippen LogP contribution is -2.47. The molecule has 0 spiro atoms. The molecule has 1 amide bonds. The van der Waals surface area contributed by atoms with Crippen molar-refractivity contribution in [1.82, 2.24) is 15.0 Å². The van der Waals surface area contributed by atoms with Crippen molar-refractivity contribution in [2.45, 2.75) is 6.18 Å². The zero-order chi connectivity index (χ0) is 21.8. The summed E-state index contributed by atoms with van der Waals surface area (Å²) >= 11 is 0. The maximum absolute atomic E-state index is 13.1. The summed E-state index contributed by atoms with van der Waals surface area (Å²) in [4.78, 5) is 29.4. The van der Waals surface area contributed by atoms with Gasteiger partial charge < -0.3 is 15.1 Å². The van der Waals surface area contributed by atoms with Crippen LogP contribution in [-0.4, -0.2) is 47.0 Å². The predicted octanol–water partition coefficient (Wildman–Crippen LogP) is 3.47. The predicted molar refractivity (Wildman–Crippen MR) is 110 cm³/mol. The van der Waals surface area contributed by atoms with Gasteiger partial charge in [-0.2, -0.15) is 13.2 Å². The van der Waals surface area contributed by atoms with Crippen LogP contribution in [0.25, 0.3) is 0 Å². The zero-order valence-corrected chi connectivity index (χ0v) is 16.4. The maximum atomic E-state index is 13.1. The molecule has 7 nitrogen and oxygen atoms in total. The number of piperazine rings is 1. The van der Waals surface area contributed by atoms with Gasteiger partial charge in [-0.1, -0.05) is 18.2 Å². The van der Waals surface area contributed by atoms with Crippen molar-refractivity contribution in [3.8, 4) is 0 Å². The molecule has 3 aromatic rings. The quantitative estimate of drug-likeness (QED) is 0.686. The van der Waals surface area contributed by atoms with E-state index in [0.29, 0.717) is 19.0 Å². The average molecular weight is 428 g/mol. The molecule has 1 fully saturated rings. The van der Waals surface area contributed by atoms with E-state index in [1.165, 1.54) is 24.5 Å². The number of amides is 1. The molecule has 1 saturated heterocycles. The van der Waals surface area contributed by atoms with Gasteiger partial charge in [0.2, 0.25) is 5.95 Å². The van der Waals surface area contributed by atoms with Crippen LogP contribution >= 0.6 is 0 Å². The summed E-state index contributed by atoms with van der Waals surface area (Å²) in [5.74, 6) is 0.544. The monoisotopic (exact) mass is 428 g/mol. The van der Waals surface area contributed by atoms with Crippen molar-refractivity contribution >= 4 is 23.4 Å². The summed E-state index contributed by atoms with van der Waals surface area (Å²) in [7, 11) is 0. The minimum absolute atomic E-state index is 0.220. The van der Waals surface area contributed by atoms with Crippen LogP contribution in [-0.2, 0) is 6.18 Å². The van der Waals surface area contributed by atoms with Gasteiger partial charge >= 0.3 is 6.18 Å². The number of aromatic nitrogens is 3. The number of hydrogen-bond acceptors (Lipinski definition) is 6. The van der Waals surface area contributed by atoms with Crippen molar-refractivity contribution in [2.24, 2.45) is 0 Å². The highest BCUT2D eigenvalue weighted by molar-refractivity contribution is 6.05. The first kappa shape index (κ1) is 20.6. The summed E-state index contributed by atoms with van der Waals surface area (Å²) in [6, 6.07) is 10.4. The first-order valence-corrected chi connectivity index (χ1v) is 9.62. The molecule has 0 saturated carbocycles. The number of carbonyl (C=O) groups excluding carboxylic acids is 1. The van der Waals surface area contributed by atoms with Crippen molar-refractivity contribution in [1.29, 1.82) is 0 Å². The number of hydrogen-bond donors (Lipinski definition) is 1. The minimum atomic E-state index is -4.62. The molecule has 0 aliphatic carbocycles.